The average molecular weight is 410 g/mol. The Kier molecular flexibility index (Phi) is 5.80. The lowest BCUT2D eigenvalue weighted by Crippen LogP contribution is -2.04. The van der Waals surface area contributed by atoms with Crippen molar-refractivity contribution in [1.82, 2.24) is 0 Å². The lowest BCUT2D eigenvalue weighted by molar-refractivity contribution is 0.302. The predicted molar refractivity (Wildman–Crippen MR) is 90.1 cm³/mol. The van der Waals surface area contributed by atoms with E-state index >= 15 is 0 Å². The van der Waals surface area contributed by atoms with Crippen LogP contribution in [0, 0.1) is 11.3 Å². The van der Waals surface area contributed by atoms with Crippen LogP contribution in [-0.2, 0) is 13.0 Å². The largest absolute Gasteiger partial charge is 0.486 e. The highest BCUT2D eigenvalue weighted by atomic mass is 79.9. The number of ether oxygens (including phenoxy) is 1. The van der Waals surface area contributed by atoms with Gasteiger partial charge in [-0.15, -0.1) is 0 Å². The molecule has 0 aliphatic heterocycles. The molecule has 2 rings (SSSR count). The number of nitrogens with zero attached hydrogens (tertiary/aromatic N) is 1. The lowest BCUT2D eigenvalue weighted by Gasteiger charge is -2.13. The summed E-state index contributed by atoms with van der Waals surface area (Å²) in [5.41, 5.74) is 8.21. The van der Waals surface area contributed by atoms with Gasteiger partial charge in [-0.3, -0.25) is 0 Å². The van der Waals surface area contributed by atoms with E-state index in [1.54, 1.807) is 6.07 Å². The van der Waals surface area contributed by atoms with Crippen LogP contribution < -0.4 is 10.5 Å². The van der Waals surface area contributed by atoms with Gasteiger partial charge in [0.25, 0.3) is 0 Å². The molecule has 2 aromatic carbocycles. The molecule has 3 nitrogen and oxygen atoms in total. The van der Waals surface area contributed by atoms with Crippen LogP contribution in [0.25, 0.3) is 0 Å². The fourth-order valence-corrected chi connectivity index (χ4v) is 3.48. The molecule has 21 heavy (non-hydrogen) atoms. The van der Waals surface area contributed by atoms with Crippen molar-refractivity contribution in [3.05, 3.63) is 62.0 Å². The van der Waals surface area contributed by atoms with E-state index in [2.05, 4.69) is 37.9 Å². The molecular formula is C16H14Br2N2O. The maximum absolute atomic E-state index is 9.08. The zero-order valence-corrected chi connectivity index (χ0v) is 14.4. The minimum absolute atomic E-state index is 0.344. The Balaban J connectivity index is 2.19. The second-order valence-corrected chi connectivity index (χ2v) is 6.19. The van der Waals surface area contributed by atoms with E-state index in [1.807, 2.05) is 30.3 Å². The van der Waals surface area contributed by atoms with Crippen molar-refractivity contribution >= 4 is 31.9 Å². The van der Waals surface area contributed by atoms with Gasteiger partial charge in [0.05, 0.1) is 20.6 Å². The highest BCUT2D eigenvalue weighted by Gasteiger charge is 2.10. The molecule has 0 unspecified atom stereocenters. The normalized spacial score (nSPS) is 10.2. The summed E-state index contributed by atoms with van der Waals surface area (Å²) in [6, 6.07) is 13.6. The van der Waals surface area contributed by atoms with Crippen LogP contribution in [0.1, 0.15) is 16.7 Å². The molecule has 0 saturated heterocycles. The number of benzene rings is 2. The Morgan fingerprint density at radius 1 is 1.14 bits per heavy atom. The zero-order valence-electron chi connectivity index (χ0n) is 11.3. The van der Waals surface area contributed by atoms with Gasteiger partial charge in [-0.05, 0) is 68.6 Å². The lowest BCUT2D eigenvalue weighted by atomic mass is 10.1. The number of nitriles is 1. The standard InChI is InChI=1S/C16H14Br2N2O/c17-14-7-11(5-6-19)8-15(18)16(14)21-10-13-4-2-1-3-12(13)9-20/h1-4,7-8H,5-6,10,19H2. The quantitative estimate of drug-likeness (QED) is 0.806. The highest BCUT2D eigenvalue weighted by Crippen LogP contribution is 2.35. The van der Waals surface area contributed by atoms with Crippen molar-refractivity contribution in [2.24, 2.45) is 5.73 Å². The van der Waals surface area contributed by atoms with Gasteiger partial charge in [0.1, 0.15) is 12.4 Å². The summed E-state index contributed by atoms with van der Waals surface area (Å²) in [7, 11) is 0. The first-order valence-corrected chi connectivity index (χ1v) is 8.03. The fourth-order valence-electron chi connectivity index (χ4n) is 1.97. The Hall–Kier alpha value is -1.35. The number of hydrogen-bond acceptors (Lipinski definition) is 3. The van der Waals surface area contributed by atoms with Gasteiger partial charge in [0, 0.05) is 5.56 Å². The van der Waals surface area contributed by atoms with Gasteiger partial charge in [-0.2, -0.15) is 5.26 Å². The summed E-state index contributed by atoms with van der Waals surface area (Å²) in [4.78, 5) is 0. The van der Waals surface area contributed by atoms with E-state index in [4.69, 9.17) is 15.7 Å². The first-order valence-electron chi connectivity index (χ1n) is 6.44. The Morgan fingerprint density at radius 2 is 1.81 bits per heavy atom. The van der Waals surface area contributed by atoms with Gasteiger partial charge in [-0.1, -0.05) is 18.2 Å². The number of hydrogen-bond donors (Lipinski definition) is 1. The van der Waals surface area contributed by atoms with Gasteiger partial charge < -0.3 is 10.5 Å². The molecule has 0 atom stereocenters. The molecule has 0 heterocycles. The highest BCUT2D eigenvalue weighted by molar-refractivity contribution is 9.11. The monoisotopic (exact) mass is 408 g/mol. The molecule has 0 saturated carbocycles. The van der Waals surface area contributed by atoms with Crippen molar-refractivity contribution in [1.29, 1.82) is 5.26 Å². The van der Waals surface area contributed by atoms with Crippen LogP contribution in [0.4, 0.5) is 0 Å². The van der Waals surface area contributed by atoms with Crippen molar-refractivity contribution < 1.29 is 4.74 Å². The topological polar surface area (TPSA) is 59.0 Å². The van der Waals surface area contributed by atoms with Crippen molar-refractivity contribution in [2.75, 3.05) is 6.54 Å². The minimum Gasteiger partial charge on any atom is -0.486 e. The average Bonchev–Trinajstić information content (AvgIpc) is 2.47. The smallest absolute Gasteiger partial charge is 0.148 e. The molecular weight excluding hydrogens is 396 g/mol. The summed E-state index contributed by atoms with van der Waals surface area (Å²) >= 11 is 7.03. The first kappa shape index (κ1) is 16.0. The molecule has 0 fully saturated rings. The Labute approximate surface area is 141 Å². The van der Waals surface area contributed by atoms with Crippen LogP contribution in [0.2, 0.25) is 0 Å². The number of halogens is 2. The van der Waals surface area contributed by atoms with Gasteiger partial charge in [0.15, 0.2) is 0 Å². The van der Waals surface area contributed by atoms with Crippen molar-refractivity contribution in [2.45, 2.75) is 13.0 Å². The summed E-state index contributed by atoms with van der Waals surface area (Å²) in [5.74, 6) is 0.725. The first-order chi connectivity index (χ1) is 10.2. The molecule has 108 valence electrons. The molecule has 0 bridgehead atoms. The van der Waals surface area contributed by atoms with Gasteiger partial charge in [-0.25, -0.2) is 0 Å². The zero-order chi connectivity index (χ0) is 15.2. The third-order valence-electron chi connectivity index (χ3n) is 3.00. The van der Waals surface area contributed by atoms with Crippen LogP contribution in [0.3, 0.4) is 0 Å². The van der Waals surface area contributed by atoms with E-state index in [-0.39, 0.29) is 0 Å². The van der Waals surface area contributed by atoms with E-state index < -0.39 is 0 Å². The molecule has 0 aromatic heterocycles. The number of rotatable bonds is 5. The second kappa shape index (κ2) is 7.60. The molecule has 2 aromatic rings. The SMILES string of the molecule is N#Cc1ccccc1COc1c(Br)cc(CCN)cc1Br. The van der Waals surface area contributed by atoms with E-state index in [0.29, 0.717) is 18.7 Å². The van der Waals surface area contributed by atoms with Crippen molar-refractivity contribution in [3.8, 4) is 11.8 Å². The van der Waals surface area contributed by atoms with Crippen LogP contribution in [-0.4, -0.2) is 6.54 Å². The fraction of sp³-hybridized carbons (Fsp3) is 0.188. The summed E-state index contributed by atoms with van der Waals surface area (Å²) < 4.78 is 7.59. The maximum atomic E-state index is 9.08. The van der Waals surface area contributed by atoms with E-state index in [0.717, 1.165) is 32.2 Å². The van der Waals surface area contributed by atoms with E-state index in [1.165, 1.54) is 0 Å². The van der Waals surface area contributed by atoms with Crippen LogP contribution >= 0.6 is 31.9 Å². The predicted octanol–water partition coefficient (Wildman–Crippen LogP) is 4.16. The van der Waals surface area contributed by atoms with Crippen molar-refractivity contribution in [3.63, 3.8) is 0 Å². The Bertz CT molecular complexity index is 657. The van der Waals surface area contributed by atoms with Crippen LogP contribution in [0.5, 0.6) is 5.75 Å². The van der Waals surface area contributed by atoms with Gasteiger partial charge in [0.2, 0.25) is 0 Å². The molecule has 2 N–H and O–H groups in total. The van der Waals surface area contributed by atoms with Crippen LogP contribution in [0.15, 0.2) is 45.3 Å². The molecule has 0 radical (unpaired) electrons. The summed E-state index contributed by atoms with van der Waals surface area (Å²) in [6.07, 6.45) is 0.814. The minimum atomic E-state index is 0.344. The Morgan fingerprint density at radius 3 is 2.43 bits per heavy atom. The summed E-state index contributed by atoms with van der Waals surface area (Å²) in [5, 5.41) is 9.08. The molecule has 0 amide bonds. The second-order valence-electron chi connectivity index (χ2n) is 4.48. The third-order valence-corrected chi connectivity index (χ3v) is 4.18. The maximum Gasteiger partial charge on any atom is 0.148 e. The molecule has 0 aliphatic carbocycles. The molecule has 0 spiro atoms. The van der Waals surface area contributed by atoms with E-state index in [9.17, 15) is 0 Å². The molecule has 5 heteroatoms. The molecule has 0 aliphatic rings. The third kappa shape index (κ3) is 4.07. The summed E-state index contributed by atoms with van der Waals surface area (Å²) in [6.45, 7) is 0.950. The van der Waals surface area contributed by atoms with Gasteiger partial charge >= 0.3 is 0 Å². The number of nitrogens with two attached hydrogens (primary N) is 1.